The fraction of sp³-hybridized carbons (Fsp3) is 0.321. The standard InChI is InChI=1S/C28H29Cl2N3O3/c1-15-22(17-8-10-18(29)11-9-17)23(25(27(34)35-7)36-28(3,4)5)16(2)31-24(15)26-32-20-13-12-19(30)14-21(20)33(26)6/h8-14,25H,1-7H3/t25-/m0/s1. The Kier molecular flexibility index (Phi) is 7.15. The number of imidazole rings is 1. The molecule has 2 heterocycles. The Balaban J connectivity index is 2.05. The number of pyridine rings is 1. The predicted octanol–water partition coefficient (Wildman–Crippen LogP) is 7.26. The average Bonchev–Trinajstić information content (AvgIpc) is 3.14. The number of fused-ring (bicyclic) bond motifs is 1. The number of aromatic nitrogens is 3. The maximum Gasteiger partial charge on any atom is 0.339 e. The molecule has 0 spiro atoms. The molecule has 0 amide bonds. The van der Waals surface area contributed by atoms with Crippen molar-refractivity contribution in [1.82, 2.24) is 14.5 Å². The molecule has 6 nitrogen and oxygen atoms in total. The second-order valence-electron chi connectivity index (χ2n) is 9.73. The SMILES string of the molecule is COC(=O)[C@@H](OC(C)(C)C)c1c(C)nc(-c2nc3ccc(Cl)cc3n2C)c(C)c1-c1ccc(Cl)cc1. The molecule has 36 heavy (non-hydrogen) atoms. The van der Waals surface area contributed by atoms with Gasteiger partial charge in [0.25, 0.3) is 0 Å². The van der Waals surface area contributed by atoms with Crippen LogP contribution in [0.3, 0.4) is 0 Å². The number of ether oxygens (including phenoxy) is 2. The number of rotatable bonds is 5. The van der Waals surface area contributed by atoms with Gasteiger partial charge in [0.15, 0.2) is 11.9 Å². The molecule has 0 aliphatic carbocycles. The van der Waals surface area contributed by atoms with Gasteiger partial charge in [0, 0.05) is 28.4 Å². The molecule has 1 atom stereocenters. The van der Waals surface area contributed by atoms with E-state index in [1.807, 2.05) is 88.7 Å². The van der Waals surface area contributed by atoms with Gasteiger partial charge in [-0.05, 0) is 81.6 Å². The van der Waals surface area contributed by atoms with Crippen molar-refractivity contribution in [2.75, 3.05) is 7.11 Å². The molecule has 188 valence electrons. The first-order chi connectivity index (χ1) is 16.9. The molecular weight excluding hydrogens is 497 g/mol. The zero-order chi connectivity index (χ0) is 26.4. The van der Waals surface area contributed by atoms with E-state index in [0.29, 0.717) is 32.8 Å². The van der Waals surface area contributed by atoms with E-state index in [0.717, 1.165) is 27.7 Å². The predicted molar refractivity (Wildman–Crippen MR) is 144 cm³/mol. The Morgan fingerprint density at radius 2 is 1.64 bits per heavy atom. The van der Waals surface area contributed by atoms with Crippen molar-refractivity contribution in [3.05, 3.63) is 69.3 Å². The van der Waals surface area contributed by atoms with E-state index in [2.05, 4.69) is 0 Å². The van der Waals surface area contributed by atoms with Gasteiger partial charge in [-0.3, -0.25) is 0 Å². The molecule has 2 aromatic heterocycles. The monoisotopic (exact) mass is 525 g/mol. The lowest BCUT2D eigenvalue weighted by Gasteiger charge is -2.29. The summed E-state index contributed by atoms with van der Waals surface area (Å²) < 4.78 is 13.4. The number of carbonyl (C=O) groups is 1. The van der Waals surface area contributed by atoms with E-state index < -0.39 is 17.7 Å². The third-order valence-corrected chi connectivity index (χ3v) is 6.49. The van der Waals surface area contributed by atoms with Crippen molar-refractivity contribution in [1.29, 1.82) is 0 Å². The quantitative estimate of drug-likeness (QED) is 0.256. The van der Waals surface area contributed by atoms with Gasteiger partial charge >= 0.3 is 5.97 Å². The van der Waals surface area contributed by atoms with Gasteiger partial charge in [0.2, 0.25) is 0 Å². The maximum absolute atomic E-state index is 13.0. The summed E-state index contributed by atoms with van der Waals surface area (Å²) in [5, 5.41) is 1.25. The Morgan fingerprint density at radius 1 is 1.00 bits per heavy atom. The Morgan fingerprint density at radius 3 is 2.25 bits per heavy atom. The molecule has 8 heteroatoms. The second kappa shape index (κ2) is 9.85. The third kappa shape index (κ3) is 4.99. The van der Waals surface area contributed by atoms with Crippen LogP contribution in [0.15, 0.2) is 42.5 Å². The number of hydrogen-bond acceptors (Lipinski definition) is 5. The fourth-order valence-electron chi connectivity index (χ4n) is 4.40. The summed E-state index contributed by atoms with van der Waals surface area (Å²) >= 11 is 12.5. The van der Waals surface area contributed by atoms with Gasteiger partial charge in [-0.2, -0.15) is 0 Å². The minimum Gasteiger partial charge on any atom is -0.467 e. The lowest BCUT2D eigenvalue weighted by molar-refractivity contribution is -0.164. The molecule has 2 aromatic carbocycles. The van der Waals surface area contributed by atoms with Crippen LogP contribution >= 0.6 is 23.2 Å². The summed E-state index contributed by atoms with van der Waals surface area (Å²) in [6, 6.07) is 13.1. The molecule has 0 saturated heterocycles. The van der Waals surface area contributed by atoms with Crippen molar-refractivity contribution in [2.45, 2.75) is 46.3 Å². The van der Waals surface area contributed by atoms with Crippen molar-refractivity contribution in [3.8, 4) is 22.6 Å². The number of hydrogen-bond donors (Lipinski definition) is 0. The van der Waals surface area contributed by atoms with E-state index in [9.17, 15) is 4.79 Å². The van der Waals surface area contributed by atoms with Crippen molar-refractivity contribution in [3.63, 3.8) is 0 Å². The smallest absolute Gasteiger partial charge is 0.339 e. The van der Waals surface area contributed by atoms with Gasteiger partial charge < -0.3 is 14.0 Å². The fourth-order valence-corrected chi connectivity index (χ4v) is 4.69. The van der Waals surface area contributed by atoms with E-state index >= 15 is 0 Å². The van der Waals surface area contributed by atoms with Crippen LogP contribution in [0, 0.1) is 13.8 Å². The normalized spacial score (nSPS) is 12.7. The van der Waals surface area contributed by atoms with Crippen LogP contribution in [0.25, 0.3) is 33.7 Å². The van der Waals surface area contributed by atoms with E-state index in [1.54, 1.807) is 0 Å². The first kappa shape index (κ1) is 26.1. The molecule has 4 aromatic rings. The molecule has 0 aliphatic rings. The molecular formula is C28H29Cl2N3O3. The van der Waals surface area contributed by atoms with Crippen LogP contribution in [0.2, 0.25) is 10.0 Å². The first-order valence-electron chi connectivity index (χ1n) is 11.6. The lowest BCUT2D eigenvalue weighted by atomic mass is 9.89. The number of aryl methyl sites for hydroxylation is 2. The Bertz CT molecular complexity index is 1450. The highest BCUT2D eigenvalue weighted by Gasteiger charge is 2.34. The van der Waals surface area contributed by atoms with Gasteiger partial charge in [-0.15, -0.1) is 0 Å². The zero-order valence-corrected chi connectivity index (χ0v) is 23.0. The number of nitrogens with zero attached hydrogens (tertiary/aromatic N) is 3. The topological polar surface area (TPSA) is 66.2 Å². The number of benzene rings is 2. The number of halogens is 2. The molecule has 0 unspecified atom stereocenters. The minimum atomic E-state index is -0.972. The summed E-state index contributed by atoms with van der Waals surface area (Å²) in [6.07, 6.45) is -0.972. The number of carbonyl (C=O) groups excluding carboxylic acids is 1. The van der Waals surface area contributed by atoms with Gasteiger partial charge in [-0.25, -0.2) is 14.8 Å². The highest BCUT2D eigenvalue weighted by Crippen LogP contribution is 2.41. The summed E-state index contributed by atoms with van der Waals surface area (Å²) in [6.45, 7) is 9.56. The molecule has 0 fully saturated rings. The highest BCUT2D eigenvalue weighted by atomic mass is 35.5. The summed E-state index contributed by atoms with van der Waals surface area (Å²) in [5.74, 6) is 0.204. The van der Waals surface area contributed by atoms with Crippen LogP contribution < -0.4 is 0 Å². The van der Waals surface area contributed by atoms with Gasteiger partial charge in [-0.1, -0.05) is 35.3 Å². The van der Waals surface area contributed by atoms with Crippen LogP contribution in [-0.4, -0.2) is 33.2 Å². The largest absolute Gasteiger partial charge is 0.467 e. The lowest BCUT2D eigenvalue weighted by Crippen LogP contribution is -2.29. The van der Waals surface area contributed by atoms with E-state index in [4.69, 9.17) is 42.6 Å². The third-order valence-electron chi connectivity index (χ3n) is 6.01. The highest BCUT2D eigenvalue weighted by molar-refractivity contribution is 6.31. The first-order valence-corrected chi connectivity index (χ1v) is 12.3. The minimum absolute atomic E-state index is 0.491. The molecule has 0 N–H and O–H groups in total. The van der Waals surface area contributed by atoms with Gasteiger partial charge in [0.1, 0.15) is 5.69 Å². The molecule has 0 aliphatic heterocycles. The number of methoxy groups -OCH3 is 1. The molecule has 4 rings (SSSR count). The molecule has 0 saturated carbocycles. The Labute approximate surface area is 221 Å². The van der Waals surface area contributed by atoms with Crippen LogP contribution in [0.1, 0.15) is 43.7 Å². The number of esters is 1. The van der Waals surface area contributed by atoms with Crippen LogP contribution in [0.4, 0.5) is 0 Å². The van der Waals surface area contributed by atoms with Crippen molar-refractivity contribution in [2.24, 2.45) is 7.05 Å². The van der Waals surface area contributed by atoms with Crippen molar-refractivity contribution < 1.29 is 14.3 Å². The summed E-state index contributed by atoms with van der Waals surface area (Å²) in [7, 11) is 3.30. The zero-order valence-electron chi connectivity index (χ0n) is 21.4. The second-order valence-corrected chi connectivity index (χ2v) is 10.6. The van der Waals surface area contributed by atoms with E-state index in [1.165, 1.54) is 7.11 Å². The summed E-state index contributed by atoms with van der Waals surface area (Å²) in [5.41, 5.74) is 5.68. The maximum atomic E-state index is 13.0. The molecule has 0 bridgehead atoms. The van der Waals surface area contributed by atoms with Crippen molar-refractivity contribution >= 4 is 40.2 Å². The molecule has 0 radical (unpaired) electrons. The van der Waals surface area contributed by atoms with Crippen LogP contribution in [-0.2, 0) is 21.3 Å². The summed E-state index contributed by atoms with van der Waals surface area (Å²) in [4.78, 5) is 22.8. The van der Waals surface area contributed by atoms with Gasteiger partial charge in [0.05, 0.1) is 23.7 Å². The Hall–Kier alpha value is -2.93. The van der Waals surface area contributed by atoms with E-state index in [-0.39, 0.29) is 0 Å². The van der Waals surface area contributed by atoms with Crippen LogP contribution in [0.5, 0.6) is 0 Å². The average molecular weight is 526 g/mol.